The van der Waals surface area contributed by atoms with E-state index < -0.39 is 11.9 Å². The minimum Gasteiger partial charge on any atom is -0.456 e. The summed E-state index contributed by atoms with van der Waals surface area (Å²) in [7, 11) is 0. The van der Waals surface area contributed by atoms with Gasteiger partial charge in [-0.2, -0.15) is 16.6 Å². The first-order valence-electron chi connectivity index (χ1n) is 6.23. The quantitative estimate of drug-likeness (QED) is 0.535. The molecule has 2 amide bonds. The summed E-state index contributed by atoms with van der Waals surface area (Å²) in [6.07, 6.45) is 0.190. The summed E-state index contributed by atoms with van der Waals surface area (Å²) >= 11 is 1.41. The molecule has 1 rings (SSSR count). The lowest BCUT2D eigenvalue weighted by Crippen LogP contribution is -2.30. The summed E-state index contributed by atoms with van der Waals surface area (Å²) < 4.78 is 4.72. The first kappa shape index (κ1) is 16.7. The second kappa shape index (κ2) is 9.50. The number of thiophene rings is 1. The molecule has 0 aliphatic carbocycles. The van der Waals surface area contributed by atoms with Gasteiger partial charge in [0, 0.05) is 24.0 Å². The Morgan fingerprint density at radius 3 is 2.76 bits per heavy atom. The van der Waals surface area contributed by atoms with E-state index in [1.807, 2.05) is 6.07 Å². The molecule has 0 spiro atoms. The summed E-state index contributed by atoms with van der Waals surface area (Å²) in [6.45, 7) is -0.0180. The Hall–Kier alpha value is -2.40. The van der Waals surface area contributed by atoms with Gasteiger partial charge in [0.1, 0.15) is 0 Å². The zero-order valence-corrected chi connectivity index (χ0v) is 12.1. The number of carbonyl (C=O) groups is 3. The second-order valence-electron chi connectivity index (χ2n) is 3.94. The monoisotopic (exact) mass is 309 g/mol. The molecule has 7 nitrogen and oxygen atoms in total. The van der Waals surface area contributed by atoms with Crippen LogP contribution in [0.15, 0.2) is 16.8 Å². The third-order valence-corrected chi connectivity index (χ3v) is 3.00. The highest BCUT2D eigenvalue weighted by Crippen LogP contribution is 2.05. The molecule has 112 valence electrons. The van der Waals surface area contributed by atoms with Crippen molar-refractivity contribution in [2.24, 2.45) is 0 Å². The van der Waals surface area contributed by atoms with Gasteiger partial charge in [-0.25, -0.2) is 0 Å². The van der Waals surface area contributed by atoms with E-state index in [9.17, 15) is 14.4 Å². The Labute approximate surface area is 125 Å². The van der Waals surface area contributed by atoms with Gasteiger partial charge in [0.05, 0.1) is 18.9 Å². The van der Waals surface area contributed by atoms with Crippen LogP contribution in [0.5, 0.6) is 0 Å². The number of esters is 1. The van der Waals surface area contributed by atoms with E-state index >= 15 is 0 Å². The van der Waals surface area contributed by atoms with Crippen molar-refractivity contribution in [3.8, 4) is 6.07 Å². The molecular formula is C13H15N3O4S. The van der Waals surface area contributed by atoms with Crippen LogP contribution >= 0.6 is 11.3 Å². The maximum Gasteiger partial charge on any atom is 0.308 e. The maximum absolute atomic E-state index is 11.6. The van der Waals surface area contributed by atoms with E-state index in [0.717, 1.165) is 0 Å². The highest BCUT2D eigenvalue weighted by molar-refractivity contribution is 7.08. The largest absolute Gasteiger partial charge is 0.456 e. The van der Waals surface area contributed by atoms with Crippen molar-refractivity contribution in [2.45, 2.75) is 12.8 Å². The zero-order chi connectivity index (χ0) is 15.5. The highest BCUT2D eigenvalue weighted by Gasteiger charge is 2.09. The topological polar surface area (TPSA) is 108 Å². The number of amides is 2. The number of carbonyl (C=O) groups excluding carboxylic acids is 3. The van der Waals surface area contributed by atoms with Crippen molar-refractivity contribution in [3.63, 3.8) is 0 Å². The van der Waals surface area contributed by atoms with Gasteiger partial charge in [0.15, 0.2) is 6.61 Å². The van der Waals surface area contributed by atoms with Crippen LogP contribution < -0.4 is 10.6 Å². The van der Waals surface area contributed by atoms with Crippen molar-refractivity contribution in [2.75, 3.05) is 19.7 Å². The standard InChI is InChI=1S/C13H15N3O4S/c14-4-1-5-15-11(17)8-20-12(18)2-6-16-13(19)10-3-7-21-9-10/h3,7,9H,1-2,5-6,8H2,(H,15,17)(H,16,19). The molecule has 21 heavy (non-hydrogen) atoms. The molecule has 0 fully saturated rings. The summed E-state index contributed by atoms with van der Waals surface area (Å²) in [4.78, 5) is 34.1. The second-order valence-corrected chi connectivity index (χ2v) is 4.72. The van der Waals surface area contributed by atoms with Crippen LogP contribution in [0.2, 0.25) is 0 Å². The number of rotatable bonds is 8. The molecule has 0 aliphatic heterocycles. The summed E-state index contributed by atoms with van der Waals surface area (Å²) in [5, 5.41) is 16.8. The van der Waals surface area contributed by atoms with Crippen LogP contribution in [-0.2, 0) is 14.3 Å². The minimum absolute atomic E-state index is 0.0125. The summed E-state index contributed by atoms with van der Waals surface area (Å²) in [6, 6.07) is 3.56. The molecule has 0 radical (unpaired) electrons. The van der Waals surface area contributed by atoms with Gasteiger partial charge in [-0.15, -0.1) is 0 Å². The van der Waals surface area contributed by atoms with Crippen LogP contribution in [0.3, 0.4) is 0 Å². The smallest absolute Gasteiger partial charge is 0.308 e. The van der Waals surface area contributed by atoms with Gasteiger partial charge >= 0.3 is 5.97 Å². The molecule has 1 aromatic rings. The molecule has 1 aromatic heterocycles. The fourth-order valence-corrected chi connectivity index (χ4v) is 1.94. The van der Waals surface area contributed by atoms with Crippen LogP contribution in [-0.4, -0.2) is 37.5 Å². The SMILES string of the molecule is N#CCCNC(=O)COC(=O)CCNC(=O)c1ccsc1. The van der Waals surface area contributed by atoms with Gasteiger partial charge in [-0.3, -0.25) is 14.4 Å². The van der Waals surface area contributed by atoms with E-state index in [0.29, 0.717) is 5.56 Å². The lowest BCUT2D eigenvalue weighted by molar-refractivity contribution is -0.148. The lowest BCUT2D eigenvalue weighted by atomic mass is 10.3. The number of nitrogens with zero attached hydrogens (tertiary/aromatic N) is 1. The first-order valence-corrected chi connectivity index (χ1v) is 7.17. The first-order chi connectivity index (χ1) is 10.1. The van der Waals surface area contributed by atoms with Gasteiger partial charge in [-0.1, -0.05) is 0 Å². The average Bonchev–Trinajstić information content (AvgIpc) is 2.99. The molecule has 8 heteroatoms. The highest BCUT2D eigenvalue weighted by atomic mass is 32.1. The van der Waals surface area contributed by atoms with Crippen molar-refractivity contribution in [1.82, 2.24) is 10.6 Å². The Bertz CT molecular complexity index is 522. The normalized spacial score (nSPS) is 9.48. The Morgan fingerprint density at radius 1 is 1.29 bits per heavy atom. The Kier molecular flexibility index (Phi) is 7.53. The fourth-order valence-electron chi connectivity index (χ4n) is 1.30. The van der Waals surface area contributed by atoms with E-state index in [1.165, 1.54) is 11.3 Å². The van der Waals surface area contributed by atoms with Crippen molar-refractivity contribution < 1.29 is 19.1 Å². The molecule has 2 N–H and O–H groups in total. The van der Waals surface area contributed by atoms with E-state index in [2.05, 4.69) is 10.6 Å². The Balaban J connectivity index is 2.10. The molecule has 0 unspecified atom stereocenters. The van der Waals surface area contributed by atoms with Crippen molar-refractivity contribution in [1.29, 1.82) is 5.26 Å². The number of hydrogen-bond donors (Lipinski definition) is 2. The van der Waals surface area contributed by atoms with E-state index in [-0.39, 0.29) is 38.4 Å². The Morgan fingerprint density at radius 2 is 2.10 bits per heavy atom. The molecular weight excluding hydrogens is 294 g/mol. The van der Waals surface area contributed by atoms with Crippen LogP contribution in [0.25, 0.3) is 0 Å². The third kappa shape index (κ3) is 7.08. The number of hydrogen-bond acceptors (Lipinski definition) is 6. The molecule has 0 bridgehead atoms. The molecule has 0 aromatic carbocycles. The number of nitrogens with one attached hydrogen (secondary N) is 2. The third-order valence-electron chi connectivity index (χ3n) is 2.32. The molecule has 0 aliphatic rings. The maximum atomic E-state index is 11.6. The minimum atomic E-state index is -0.573. The fraction of sp³-hybridized carbons (Fsp3) is 0.385. The zero-order valence-electron chi connectivity index (χ0n) is 11.3. The van der Waals surface area contributed by atoms with E-state index in [4.69, 9.17) is 10.00 Å². The number of ether oxygens (including phenoxy) is 1. The van der Waals surface area contributed by atoms with Gasteiger partial charge < -0.3 is 15.4 Å². The summed E-state index contributed by atoms with van der Waals surface area (Å²) in [5.74, 6) is -1.28. The molecule has 1 heterocycles. The van der Waals surface area contributed by atoms with Crippen LogP contribution in [0, 0.1) is 11.3 Å². The predicted molar refractivity (Wildman–Crippen MR) is 75.5 cm³/mol. The lowest BCUT2D eigenvalue weighted by Gasteiger charge is -2.06. The van der Waals surface area contributed by atoms with Gasteiger partial charge in [0.25, 0.3) is 11.8 Å². The van der Waals surface area contributed by atoms with Crippen LogP contribution in [0.1, 0.15) is 23.2 Å². The molecule has 0 saturated heterocycles. The average molecular weight is 309 g/mol. The van der Waals surface area contributed by atoms with Gasteiger partial charge in [0.2, 0.25) is 0 Å². The van der Waals surface area contributed by atoms with Crippen LogP contribution in [0.4, 0.5) is 0 Å². The number of nitriles is 1. The molecule has 0 saturated carbocycles. The van der Waals surface area contributed by atoms with E-state index in [1.54, 1.807) is 16.8 Å². The van der Waals surface area contributed by atoms with Gasteiger partial charge in [-0.05, 0) is 11.4 Å². The van der Waals surface area contributed by atoms with Crippen molar-refractivity contribution >= 4 is 29.1 Å². The predicted octanol–water partition coefficient (Wildman–Crippen LogP) is 0.441. The summed E-state index contributed by atoms with van der Waals surface area (Å²) in [5.41, 5.74) is 0.547. The van der Waals surface area contributed by atoms with Crippen molar-refractivity contribution in [3.05, 3.63) is 22.4 Å². The molecule has 0 atom stereocenters.